The van der Waals surface area contributed by atoms with Crippen molar-refractivity contribution in [3.8, 4) is 11.8 Å². The summed E-state index contributed by atoms with van der Waals surface area (Å²) in [7, 11) is 0. The minimum atomic E-state index is 0.287. The Hall–Kier alpha value is -1.18. The Morgan fingerprint density at radius 2 is 2.12 bits per heavy atom. The molecule has 0 saturated heterocycles. The molecule has 0 fully saturated rings. The van der Waals surface area contributed by atoms with E-state index in [2.05, 4.69) is 13.0 Å². The van der Waals surface area contributed by atoms with Gasteiger partial charge in [-0.1, -0.05) is 6.92 Å². The van der Waals surface area contributed by atoms with Crippen LogP contribution >= 0.6 is 11.8 Å². The van der Waals surface area contributed by atoms with Crippen molar-refractivity contribution < 1.29 is 4.74 Å². The lowest BCUT2D eigenvalue weighted by Crippen LogP contribution is -2.21. The van der Waals surface area contributed by atoms with E-state index in [1.807, 2.05) is 23.9 Å². The molecule has 0 aliphatic heterocycles. The SMILES string of the molecule is CCC(N)CSCCOc1ccc(C#N)cc1. The highest BCUT2D eigenvalue weighted by atomic mass is 32.2. The highest BCUT2D eigenvalue weighted by Crippen LogP contribution is 2.12. The van der Waals surface area contributed by atoms with Crippen molar-refractivity contribution in [2.24, 2.45) is 5.73 Å². The molecular formula is C13H18N2OS. The molecule has 0 aromatic heterocycles. The Labute approximate surface area is 107 Å². The molecule has 2 N–H and O–H groups in total. The average molecular weight is 250 g/mol. The molecule has 0 spiro atoms. The number of rotatable bonds is 7. The lowest BCUT2D eigenvalue weighted by atomic mass is 10.2. The predicted octanol–water partition coefficient (Wildman–Crippen LogP) is 2.41. The van der Waals surface area contributed by atoms with Gasteiger partial charge < -0.3 is 10.5 Å². The molecule has 3 nitrogen and oxygen atoms in total. The van der Waals surface area contributed by atoms with Gasteiger partial charge in [-0.25, -0.2) is 0 Å². The van der Waals surface area contributed by atoms with Gasteiger partial charge in [0.2, 0.25) is 0 Å². The van der Waals surface area contributed by atoms with Crippen molar-refractivity contribution in [1.82, 2.24) is 0 Å². The van der Waals surface area contributed by atoms with Gasteiger partial charge in [-0.2, -0.15) is 17.0 Å². The summed E-state index contributed by atoms with van der Waals surface area (Å²) in [6.45, 7) is 2.77. The van der Waals surface area contributed by atoms with Crippen LogP contribution in [0.5, 0.6) is 5.75 Å². The maximum atomic E-state index is 8.64. The van der Waals surface area contributed by atoms with Crippen LogP contribution in [0.25, 0.3) is 0 Å². The van der Waals surface area contributed by atoms with Crippen LogP contribution in [-0.4, -0.2) is 24.2 Å². The third kappa shape index (κ3) is 5.62. The fourth-order valence-electron chi connectivity index (χ4n) is 1.20. The highest BCUT2D eigenvalue weighted by Gasteiger charge is 1.99. The number of hydrogen-bond acceptors (Lipinski definition) is 4. The van der Waals surface area contributed by atoms with Gasteiger partial charge in [0.1, 0.15) is 5.75 Å². The Kier molecular flexibility index (Phi) is 6.53. The van der Waals surface area contributed by atoms with Crippen molar-refractivity contribution in [1.29, 1.82) is 5.26 Å². The lowest BCUT2D eigenvalue weighted by Gasteiger charge is -2.09. The van der Waals surface area contributed by atoms with E-state index in [9.17, 15) is 0 Å². The van der Waals surface area contributed by atoms with Gasteiger partial charge in [0.25, 0.3) is 0 Å². The zero-order chi connectivity index (χ0) is 12.5. The van der Waals surface area contributed by atoms with E-state index in [1.54, 1.807) is 12.1 Å². The summed E-state index contributed by atoms with van der Waals surface area (Å²) >= 11 is 1.81. The monoisotopic (exact) mass is 250 g/mol. The first-order valence-electron chi connectivity index (χ1n) is 5.72. The molecule has 0 aliphatic rings. The maximum absolute atomic E-state index is 8.64. The smallest absolute Gasteiger partial charge is 0.119 e. The Morgan fingerprint density at radius 3 is 2.71 bits per heavy atom. The highest BCUT2D eigenvalue weighted by molar-refractivity contribution is 7.99. The van der Waals surface area contributed by atoms with Crippen LogP contribution in [0.1, 0.15) is 18.9 Å². The summed E-state index contributed by atoms with van der Waals surface area (Å²) in [6.07, 6.45) is 1.02. The molecule has 1 aromatic rings. The van der Waals surface area contributed by atoms with E-state index < -0.39 is 0 Å². The summed E-state index contributed by atoms with van der Waals surface area (Å²) in [5.41, 5.74) is 6.46. The van der Waals surface area contributed by atoms with Crippen molar-refractivity contribution >= 4 is 11.8 Å². The second kappa shape index (κ2) is 7.99. The lowest BCUT2D eigenvalue weighted by molar-refractivity contribution is 0.344. The molecular weight excluding hydrogens is 232 g/mol. The molecule has 1 rings (SSSR count). The first-order chi connectivity index (χ1) is 8.26. The summed E-state index contributed by atoms with van der Waals surface area (Å²) in [5.74, 6) is 2.73. The van der Waals surface area contributed by atoms with Crippen LogP contribution in [0.4, 0.5) is 0 Å². The predicted molar refractivity (Wildman–Crippen MR) is 72.2 cm³/mol. The maximum Gasteiger partial charge on any atom is 0.119 e. The standard InChI is InChI=1S/C13H18N2OS/c1-2-12(15)10-17-8-7-16-13-5-3-11(9-14)4-6-13/h3-6,12H,2,7-8,10,15H2,1H3. The topological polar surface area (TPSA) is 59.0 Å². The first kappa shape index (κ1) is 13.9. The third-order valence-electron chi connectivity index (χ3n) is 2.34. The van der Waals surface area contributed by atoms with Gasteiger partial charge in [-0.3, -0.25) is 0 Å². The number of nitriles is 1. The van der Waals surface area contributed by atoms with Crippen LogP contribution < -0.4 is 10.5 Å². The number of thioether (sulfide) groups is 1. The van der Waals surface area contributed by atoms with Crippen LogP contribution in [-0.2, 0) is 0 Å². The number of nitrogens with two attached hydrogens (primary N) is 1. The van der Waals surface area contributed by atoms with Gasteiger partial charge in [0.05, 0.1) is 18.2 Å². The van der Waals surface area contributed by atoms with Gasteiger partial charge >= 0.3 is 0 Å². The van der Waals surface area contributed by atoms with Gasteiger partial charge in [0, 0.05) is 17.5 Å². The number of nitrogens with zero attached hydrogens (tertiary/aromatic N) is 1. The first-order valence-corrected chi connectivity index (χ1v) is 6.88. The van der Waals surface area contributed by atoms with Crippen LogP contribution in [0.15, 0.2) is 24.3 Å². The summed E-state index contributed by atoms with van der Waals surface area (Å²) < 4.78 is 5.55. The van der Waals surface area contributed by atoms with Crippen molar-refractivity contribution in [2.75, 3.05) is 18.1 Å². The fourth-order valence-corrected chi connectivity index (χ4v) is 2.10. The quantitative estimate of drug-likeness (QED) is 0.755. The summed E-state index contributed by atoms with van der Waals surface area (Å²) in [4.78, 5) is 0. The van der Waals surface area contributed by atoms with Crippen molar-refractivity contribution in [3.05, 3.63) is 29.8 Å². The molecule has 0 radical (unpaired) electrons. The van der Waals surface area contributed by atoms with E-state index in [-0.39, 0.29) is 6.04 Å². The second-order valence-electron chi connectivity index (χ2n) is 3.73. The zero-order valence-electron chi connectivity index (χ0n) is 10.1. The number of benzene rings is 1. The van der Waals surface area contributed by atoms with Crippen LogP contribution in [0.2, 0.25) is 0 Å². The Bertz CT molecular complexity index is 359. The molecule has 4 heteroatoms. The molecule has 92 valence electrons. The fraction of sp³-hybridized carbons (Fsp3) is 0.462. The number of ether oxygens (including phenoxy) is 1. The van der Waals surface area contributed by atoms with E-state index in [0.717, 1.165) is 23.7 Å². The molecule has 0 saturated carbocycles. The largest absolute Gasteiger partial charge is 0.493 e. The van der Waals surface area contributed by atoms with Gasteiger partial charge in [-0.15, -0.1) is 0 Å². The Morgan fingerprint density at radius 1 is 1.41 bits per heavy atom. The van der Waals surface area contributed by atoms with E-state index in [1.165, 1.54) is 0 Å². The van der Waals surface area contributed by atoms with E-state index >= 15 is 0 Å². The molecule has 0 amide bonds. The molecule has 1 atom stereocenters. The average Bonchev–Trinajstić information content (AvgIpc) is 2.38. The van der Waals surface area contributed by atoms with Crippen molar-refractivity contribution in [3.63, 3.8) is 0 Å². The molecule has 1 unspecified atom stereocenters. The van der Waals surface area contributed by atoms with E-state index in [0.29, 0.717) is 12.2 Å². The van der Waals surface area contributed by atoms with Crippen LogP contribution in [0, 0.1) is 11.3 Å². The molecule has 17 heavy (non-hydrogen) atoms. The molecule has 1 aromatic carbocycles. The summed E-state index contributed by atoms with van der Waals surface area (Å²) in [5, 5.41) is 8.64. The summed E-state index contributed by atoms with van der Waals surface area (Å²) in [6, 6.07) is 9.52. The Balaban J connectivity index is 2.16. The minimum absolute atomic E-state index is 0.287. The zero-order valence-corrected chi connectivity index (χ0v) is 10.9. The normalized spacial score (nSPS) is 11.8. The molecule has 0 bridgehead atoms. The van der Waals surface area contributed by atoms with Crippen molar-refractivity contribution in [2.45, 2.75) is 19.4 Å². The minimum Gasteiger partial charge on any atom is -0.493 e. The van der Waals surface area contributed by atoms with Gasteiger partial charge in [0.15, 0.2) is 0 Å². The van der Waals surface area contributed by atoms with Crippen LogP contribution in [0.3, 0.4) is 0 Å². The third-order valence-corrected chi connectivity index (χ3v) is 3.46. The number of hydrogen-bond donors (Lipinski definition) is 1. The second-order valence-corrected chi connectivity index (χ2v) is 4.88. The van der Waals surface area contributed by atoms with Gasteiger partial charge in [-0.05, 0) is 30.7 Å². The van der Waals surface area contributed by atoms with E-state index in [4.69, 9.17) is 15.7 Å². The molecule has 0 heterocycles. The molecule has 0 aliphatic carbocycles.